The molecule has 1 aliphatic heterocycles. The molecule has 3 rings (SSSR count). The molecule has 0 bridgehead atoms. The van der Waals surface area contributed by atoms with Crippen molar-refractivity contribution in [3.63, 3.8) is 0 Å². The number of aryl methyl sites for hydroxylation is 2. The summed E-state index contributed by atoms with van der Waals surface area (Å²) in [5.41, 5.74) is 8.69. The van der Waals surface area contributed by atoms with E-state index in [1.54, 1.807) is 31.2 Å². The SMILES string of the molecule is Cc1cc(Oc2cc3c(cc2N)CCC(=O)N3)ccc1F. The van der Waals surface area contributed by atoms with Crippen LogP contribution in [0.1, 0.15) is 17.5 Å². The van der Waals surface area contributed by atoms with Crippen LogP contribution in [0.25, 0.3) is 0 Å². The first-order valence-corrected chi connectivity index (χ1v) is 6.69. The molecule has 5 heteroatoms. The van der Waals surface area contributed by atoms with Crippen molar-refractivity contribution in [2.75, 3.05) is 11.1 Å². The molecule has 0 spiro atoms. The van der Waals surface area contributed by atoms with Gasteiger partial charge in [0.05, 0.1) is 5.69 Å². The number of nitrogen functional groups attached to an aromatic ring is 1. The Labute approximate surface area is 121 Å². The summed E-state index contributed by atoms with van der Waals surface area (Å²) in [5, 5.41) is 2.80. The highest BCUT2D eigenvalue weighted by molar-refractivity contribution is 5.94. The molecule has 2 aromatic carbocycles. The Morgan fingerprint density at radius 3 is 2.81 bits per heavy atom. The van der Waals surface area contributed by atoms with Gasteiger partial charge in [0, 0.05) is 18.2 Å². The van der Waals surface area contributed by atoms with Crippen LogP contribution in [0.4, 0.5) is 15.8 Å². The Balaban J connectivity index is 1.93. The van der Waals surface area contributed by atoms with E-state index in [0.29, 0.717) is 41.3 Å². The third-order valence-electron chi connectivity index (χ3n) is 3.49. The lowest BCUT2D eigenvalue weighted by atomic mass is 10.0. The molecule has 0 radical (unpaired) electrons. The maximum Gasteiger partial charge on any atom is 0.224 e. The molecule has 2 aromatic rings. The van der Waals surface area contributed by atoms with Gasteiger partial charge in [-0.1, -0.05) is 0 Å². The highest BCUT2D eigenvalue weighted by Gasteiger charge is 2.17. The Hall–Kier alpha value is -2.56. The lowest BCUT2D eigenvalue weighted by molar-refractivity contribution is -0.116. The number of rotatable bonds is 2. The Bertz CT molecular complexity index is 728. The number of anilines is 2. The van der Waals surface area contributed by atoms with Gasteiger partial charge in [-0.3, -0.25) is 4.79 Å². The van der Waals surface area contributed by atoms with Crippen molar-refractivity contribution in [1.82, 2.24) is 0 Å². The molecule has 0 aromatic heterocycles. The zero-order chi connectivity index (χ0) is 15.0. The number of fused-ring (bicyclic) bond motifs is 1. The van der Waals surface area contributed by atoms with E-state index in [4.69, 9.17) is 10.5 Å². The molecule has 4 nitrogen and oxygen atoms in total. The van der Waals surface area contributed by atoms with Crippen molar-refractivity contribution in [2.45, 2.75) is 19.8 Å². The van der Waals surface area contributed by atoms with Crippen molar-refractivity contribution in [1.29, 1.82) is 0 Å². The Kier molecular flexibility index (Phi) is 3.25. The lowest BCUT2D eigenvalue weighted by Crippen LogP contribution is -2.19. The van der Waals surface area contributed by atoms with Gasteiger partial charge in [0.1, 0.15) is 11.6 Å². The average molecular weight is 286 g/mol. The fourth-order valence-corrected chi connectivity index (χ4v) is 2.32. The predicted octanol–water partition coefficient (Wildman–Crippen LogP) is 3.39. The quantitative estimate of drug-likeness (QED) is 0.832. The number of carbonyl (C=O) groups is 1. The van der Waals surface area contributed by atoms with Crippen LogP contribution >= 0.6 is 0 Å². The molecule has 108 valence electrons. The predicted molar refractivity (Wildman–Crippen MR) is 79.0 cm³/mol. The van der Waals surface area contributed by atoms with Crippen molar-refractivity contribution >= 4 is 17.3 Å². The summed E-state index contributed by atoms with van der Waals surface area (Å²) in [5.74, 6) is 0.647. The van der Waals surface area contributed by atoms with Crippen LogP contribution in [0.15, 0.2) is 30.3 Å². The number of nitrogens with two attached hydrogens (primary N) is 1. The molecule has 0 fully saturated rings. The van der Waals surface area contributed by atoms with E-state index < -0.39 is 0 Å². The highest BCUT2D eigenvalue weighted by atomic mass is 19.1. The first kappa shape index (κ1) is 13.4. The van der Waals surface area contributed by atoms with Gasteiger partial charge in [-0.2, -0.15) is 0 Å². The second kappa shape index (κ2) is 5.09. The third kappa shape index (κ3) is 2.67. The number of hydrogen-bond acceptors (Lipinski definition) is 3. The van der Waals surface area contributed by atoms with Gasteiger partial charge in [-0.15, -0.1) is 0 Å². The third-order valence-corrected chi connectivity index (χ3v) is 3.49. The Morgan fingerprint density at radius 2 is 2.05 bits per heavy atom. The molecule has 0 atom stereocenters. The van der Waals surface area contributed by atoms with Crippen LogP contribution in [0.5, 0.6) is 11.5 Å². The molecule has 0 saturated carbocycles. The summed E-state index contributed by atoms with van der Waals surface area (Å²) in [6, 6.07) is 8.01. The first-order chi connectivity index (χ1) is 10.0. The zero-order valence-electron chi connectivity index (χ0n) is 11.6. The summed E-state index contributed by atoms with van der Waals surface area (Å²) in [4.78, 5) is 11.4. The normalized spacial score (nSPS) is 13.5. The van der Waals surface area contributed by atoms with E-state index in [-0.39, 0.29) is 11.7 Å². The van der Waals surface area contributed by atoms with Crippen LogP contribution < -0.4 is 15.8 Å². The van der Waals surface area contributed by atoms with Crippen molar-refractivity contribution < 1.29 is 13.9 Å². The summed E-state index contributed by atoms with van der Waals surface area (Å²) in [6.07, 6.45) is 1.13. The number of ether oxygens (including phenoxy) is 1. The largest absolute Gasteiger partial charge is 0.455 e. The van der Waals surface area contributed by atoms with Gasteiger partial charge in [-0.25, -0.2) is 4.39 Å². The van der Waals surface area contributed by atoms with Crippen LogP contribution in [0.3, 0.4) is 0 Å². The molecule has 0 saturated heterocycles. The van der Waals surface area contributed by atoms with Gasteiger partial charge in [0.25, 0.3) is 0 Å². The number of benzene rings is 2. The Morgan fingerprint density at radius 1 is 1.24 bits per heavy atom. The van der Waals surface area contributed by atoms with Gasteiger partial charge >= 0.3 is 0 Å². The molecule has 1 amide bonds. The molecule has 0 unspecified atom stereocenters. The minimum absolute atomic E-state index is 0.0177. The van der Waals surface area contributed by atoms with Gasteiger partial charge in [-0.05, 0) is 48.7 Å². The van der Waals surface area contributed by atoms with E-state index in [1.165, 1.54) is 6.07 Å². The van der Waals surface area contributed by atoms with Crippen LogP contribution in [-0.2, 0) is 11.2 Å². The van der Waals surface area contributed by atoms with E-state index in [0.717, 1.165) is 5.56 Å². The van der Waals surface area contributed by atoms with Gasteiger partial charge < -0.3 is 15.8 Å². The van der Waals surface area contributed by atoms with Gasteiger partial charge in [0.2, 0.25) is 5.91 Å². The number of nitrogens with one attached hydrogen (secondary N) is 1. The number of hydrogen-bond donors (Lipinski definition) is 2. The van der Waals surface area contributed by atoms with Crippen LogP contribution in [0, 0.1) is 12.7 Å². The number of amides is 1. The molecule has 0 aliphatic carbocycles. The summed E-state index contributed by atoms with van der Waals surface area (Å²) in [7, 11) is 0. The number of carbonyl (C=O) groups excluding carboxylic acids is 1. The summed E-state index contributed by atoms with van der Waals surface area (Å²) in [6.45, 7) is 1.67. The first-order valence-electron chi connectivity index (χ1n) is 6.69. The molecule has 1 aliphatic rings. The smallest absolute Gasteiger partial charge is 0.224 e. The summed E-state index contributed by atoms with van der Waals surface area (Å²) < 4.78 is 19.0. The second-order valence-corrected chi connectivity index (χ2v) is 5.11. The summed E-state index contributed by atoms with van der Waals surface area (Å²) >= 11 is 0. The van der Waals surface area contributed by atoms with Crippen LogP contribution in [-0.4, -0.2) is 5.91 Å². The van der Waals surface area contributed by atoms with E-state index >= 15 is 0 Å². The fourth-order valence-electron chi connectivity index (χ4n) is 2.32. The van der Waals surface area contributed by atoms with Crippen molar-refractivity contribution in [3.8, 4) is 11.5 Å². The standard InChI is InChI=1S/C16H15FN2O2/c1-9-6-11(3-4-12(9)17)21-15-8-14-10(7-13(15)18)2-5-16(20)19-14/h3-4,6-8H,2,5,18H2,1H3,(H,19,20). The minimum Gasteiger partial charge on any atom is -0.455 e. The minimum atomic E-state index is -0.284. The zero-order valence-corrected chi connectivity index (χ0v) is 11.6. The van der Waals surface area contributed by atoms with E-state index in [1.807, 2.05) is 0 Å². The van der Waals surface area contributed by atoms with Crippen molar-refractivity contribution in [3.05, 3.63) is 47.3 Å². The molecule has 21 heavy (non-hydrogen) atoms. The topological polar surface area (TPSA) is 64.3 Å². The molecule has 1 heterocycles. The lowest BCUT2D eigenvalue weighted by Gasteiger charge is -2.19. The van der Waals surface area contributed by atoms with Gasteiger partial charge in [0.15, 0.2) is 5.75 Å². The molecular weight excluding hydrogens is 271 g/mol. The molecule has 3 N–H and O–H groups in total. The fraction of sp³-hybridized carbons (Fsp3) is 0.188. The highest BCUT2D eigenvalue weighted by Crippen LogP contribution is 2.35. The van der Waals surface area contributed by atoms with Crippen molar-refractivity contribution in [2.24, 2.45) is 0 Å². The average Bonchev–Trinajstić information content (AvgIpc) is 2.44. The maximum atomic E-state index is 13.3. The second-order valence-electron chi connectivity index (χ2n) is 5.11. The molecular formula is C16H15FN2O2. The maximum absolute atomic E-state index is 13.3. The van der Waals surface area contributed by atoms with E-state index in [9.17, 15) is 9.18 Å². The monoisotopic (exact) mass is 286 g/mol. The number of halogens is 1. The van der Waals surface area contributed by atoms with Crippen LogP contribution in [0.2, 0.25) is 0 Å². The van der Waals surface area contributed by atoms with E-state index in [2.05, 4.69) is 5.32 Å².